The summed E-state index contributed by atoms with van der Waals surface area (Å²) in [5, 5.41) is 0.555. The molecule has 2 aromatic carbocycles. The van der Waals surface area contributed by atoms with Crippen LogP contribution in [-0.4, -0.2) is 78.4 Å². The quantitative estimate of drug-likeness (QED) is 0.276. The van der Waals surface area contributed by atoms with Gasteiger partial charge in [0.25, 0.3) is 0 Å². The maximum absolute atomic E-state index is 13.8. The Balaban J connectivity index is 1.56. The van der Waals surface area contributed by atoms with Crippen LogP contribution in [0, 0.1) is 5.92 Å². The van der Waals surface area contributed by atoms with Crippen molar-refractivity contribution in [1.29, 1.82) is 0 Å². The molecular formula is C32H36Cl2F6N4O3. The van der Waals surface area contributed by atoms with E-state index in [-0.39, 0.29) is 54.9 Å². The van der Waals surface area contributed by atoms with Gasteiger partial charge >= 0.3 is 18.4 Å². The molecule has 2 heterocycles. The van der Waals surface area contributed by atoms with Crippen molar-refractivity contribution in [1.82, 2.24) is 14.7 Å². The highest BCUT2D eigenvalue weighted by atomic mass is 35.5. The Kier molecular flexibility index (Phi) is 11.6. The fourth-order valence-corrected chi connectivity index (χ4v) is 6.30. The number of piperidine rings is 1. The van der Waals surface area contributed by atoms with Gasteiger partial charge in [-0.1, -0.05) is 42.6 Å². The molecule has 4 amide bonds. The molecular weight excluding hydrogens is 673 g/mol. The molecule has 0 N–H and O–H groups in total. The number of carbonyl (C=O) groups excluding carboxylic acids is 3. The van der Waals surface area contributed by atoms with Gasteiger partial charge in [0, 0.05) is 57.8 Å². The van der Waals surface area contributed by atoms with Crippen molar-refractivity contribution in [2.24, 2.45) is 5.92 Å². The van der Waals surface area contributed by atoms with Crippen molar-refractivity contribution in [3.05, 3.63) is 63.1 Å². The van der Waals surface area contributed by atoms with Gasteiger partial charge in [0.1, 0.15) is 0 Å². The number of nitrogens with zero attached hydrogens (tertiary/aromatic N) is 4. The minimum absolute atomic E-state index is 0.00483. The lowest BCUT2D eigenvalue weighted by Crippen LogP contribution is -2.60. The van der Waals surface area contributed by atoms with E-state index in [4.69, 9.17) is 23.2 Å². The zero-order valence-electron chi connectivity index (χ0n) is 25.9. The number of likely N-dealkylation sites (tertiary alicyclic amines) is 1. The van der Waals surface area contributed by atoms with Crippen molar-refractivity contribution in [2.45, 2.75) is 63.8 Å². The average Bonchev–Trinajstić information content (AvgIpc) is 3.03. The number of halogens is 8. The molecule has 0 bridgehead atoms. The number of anilines is 1. The smallest absolute Gasteiger partial charge is 0.343 e. The normalized spacial score (nSPS) is 18.0. The molecule has 1 atom stereocenters. The summed E-state index contributed by atoms with van der Waals surface area (Å²) < 4.78 is 81.3. The van der Waals surface area contributed by atoms with Crippen LogP contribution in [0.15, 0.2) is 36.4 Å². The molecule has 0 aromatic heterocycles. The Labute approximate surface area is 279 Å². The van der Waals surface area contributed by atoms with E-state index >= 15 is 0 Å². The Hall–Kier alpha value is -3.19. The summed E-state index contributed by atoms with van der Waals surface area (Å²) >= 11 is 12.3. The molecule has 258 valence electrons. The zero-order valence-corrected chi connectivity index (χ0v) is 27.4. The summed E-state index contributed by atoms with van der Waals surface area (Å²) in [5.41, 5.74) is -2.99. The molecule has 2 aliphatic heterocycles. The Bertz CT molecular complexity index is 1430. The van der Waals surface area contributed by atoms with Crippen LogP contribution >= 0.6 is 23.2 Å². The lowest BCUT2D eigenvalue weighted by atomic mass is 9.93. The second-order valence-electron chi connectivity index (χ2n) is 11.9. The summed E-state index contributed by atoms with van der Waals surface area (Å²) in [6.45, 7) is 3.11. The third-order valence-corrected chi connectivity index (χ3v) is 9.42. The monoisotopic (exact) mass is 708 g/mol. The minimum atomic E-state index is -5.08. The summed E-state index contributed by atoms with van der Waals surface area (Å²) in [6, 6.07) is 4.35. The zero-order chi connectivity index (χ0) is 34.7. The molecule has 47 heavy (non-hydrogen) atoms. The van der Waals surface area contributed by atoms with Crippen LogP contribution in [0.4, 0.5) is 36.8 Å². The van der Waals surface area contributed by atoms with Crippen molar-refractivity contribution in [3.8, 4) is 0 Å². The predicted molar refractivity (Wildman–Crippen MR) is 166 cm³/mol. The molecule has 7 nitrogen and oxygen atoms in total. The summed E-state index contributed by atoms with van der Waals surface area (Å²) in [7, 11) is 1.11. The Morgan fingerprint density at radius 2 is 1.47 bits per heavy atom. The second-order valence-corrected chi connectivity index (χ2v) is 12.8. The number of piperazine rings is 1. The van der Waals surface area contributed by atoms with E-state index in [1.54, 1.807) is 28.0 Å². The maximum Gasteiger partial charge on any atom is 0.416 e. The van der Waals surface area contributed by atoms with Gasteiger partial charge in [-0.15, -0.1) is 0 Å². The van der Waals surface area contributed by atoms with Crippen molar-refractivity contribution in [3.63, 3.8) is 0 Å². The molecule has 2 aromatic rings. The molecule has 2 aliphatic rings. The van der Waals surface area contributed by atoms with Gasteiger partial charge < -0.3 is 14.7 Å². The van der Waals surface area contributed by atoms with Gasteiger partial charge in [0.05, 0.1) is 27.2 Å². The predicted octanol–water partition coefficient (Wildman–Crippen LogP) is 7.77. The molecule has 2 fully saturated rings. The van der Waals surface area contributed by atoms with Gasteiger partial charge in [0.15, 0.2) is 0 Å². The number of urea groups is 1. The molecule has 2 saturated heterocycles. The fourth-order valence-electron chi connectivity index (χ4n) is 5.98. The largest absolute Gasteiger partial charge is 0.416 e. The highest BCUT2D eigenvalue weighted by Gasteiger charge is 2.40. The first-order valence-corrected chi connectivity index (χ1v) is 16.1. The van der Waals surface area contributed by atoms with Crippen LogP contribution in [0.25, 0.3) is 0 Å². The molecule has 0 aliphatic carbocycles. The van der Waals surface area contributed by atoms with E-state index in [1.807, 2.05) is 6.92 Å². The lowest BCUT2D eigenvalue weighted by Gasteiger charge is -2.44. The van der Waals surface area contributed by atoms with Crippen molar-refractivity contribution < 1.29 is 40.7 Å². The van der Waals surface area contributed by atoms with Gasteiger partial charge in [-0.25, -0.2) is 4.79 Å². The minimum Gasteiger partial charge on any atom is -0.343 e. The van der Waals surface area contributed by atoms with Crippen LogP contribution in [0.1, 0.15) is 55.7 Å². The van der Waals surface area contributed by atoms with Gasteiger partial charge in [-0.3, -0.25) is 14.5 Å². The third-order valence-electron chi connectivity index (χ3n) is 8.68. The summed E-state index contributed by atoms with van der Waals surface area (Å²) in [5.74, 6) is -0.386. The number of benzene rings is 2. The number of alkyl halides is 6. The number of carbonyl (C=O) groups is 3. The summed E-state index contributed by atoms with van der Waals surface area (Å²) in [6.07, 6.45) is -6.83. The number of hydrogen-bond donors (Lipinski definition) is 0. The van der Waals surface area contributed by atoms with Gasteiger partial charge in [0.2, 0.25) is 11.8 Å². The average molecular weight is 710 g/mol. The van der Waals surface area contributed by atoms with E-state index in [0.29, 0.717) is 55.1 Å². The van der Waals surface area contributed by atoms with E-state index < -0.39 is 41.2 Å². The lowest BCUT2D eigenvalue weighted by molar-refractivity contribution is -0.143. The third kappa shape index (κ3) is 9.04. The van der Waals surface area contributed by atoms with Crippen LogP contribution in [-0.2, 0) is 28.4 Å². The molecule has 0 saturated carbocycles. The summed E-state index contributed by atoms with van der Waals surface area (Å²) in [4.78, 5) is 45.4. The van der Waals surface area contributed by atoms with Crippen LogP contribution < -0.4 is 4.90 Å². The van der Waals surface area contributed by atoms with E-state index in [2.05, 4.69) is 0 Å². The van der Waals surface area contributed by atoms with E-state index in [9.17, 15) is 40.7 Å². The first-order valence-electron chi connectivity index (χ1n) is 15.3. The molecule has 0 spiro atoms. The van der Waals surface area contributed by atoms with Gasteiger partial charge in [-0.05, 0) is 61.6 Å². The van der Waals surface area contributed by atoms with Gasteiger partial charge in [-0.2, -0.15) is 26.3 Å². The van der Waals surface area contributed by atoms with E-state index in [1.165, 1.54) is 4.90 Å². The number of unbranched alkanes of at least 4 members (excludes halogenated alkanes) is 1. The molecule has 4 rings (SSSR count). The highest BCUT2D eigenvalue weighted by Crippen LogP contribution is 2.38. The molecule has 15 heteroatoms. The topological polar surface area (TPSA) is 64.2 Å². The Morgan fingerprint density at radius 3 is 2.02 bits per heavy atom. The van der Waals surface area contributed by atoms with Crippen LogP contribution in [0.3, 0.4) is 0 Å². The Morgan fingerprint density at radius 1 is 0.851 bits per heavy atom. The standard InChI is InChI=1S/C32H36Cl2F6N4O3/c1-3-4-5-28(45)42-10-8-21(9-11-42)29(46)43-12-13-44(25(19-43)14-20-6-7-26(33)27(34)15-20)30(47)41(2)24-17-22(31(35,36)37)16-23(18-24)32(38,39)40/h6-7,15-18,21,25H,3-5,8-14,19H2,1-2H3/t25-/m1/s1. The van der Waals surface area contributed by atoms with Crippen LogP contribution in [0.5, 0.6) is 0 Å². The fraction of sp³-hybridized carbons (Fsp3) is 0.531. The highest BCUT2D eigenvalue weighted by molar-refractivity contribution is 6.42. The first-order chi connectivity index (χ1) is 22.0. The van der Waals surface area contributed by atoms with Crippen LogP contribution in [0.2, 0.25) is 10.0 Å². The molecule has 0 unspecified atom stereocenters. The van der Waals surface area contributed by atoms with Crippen molar-refractivity contribution in [2.75, 3.05) is 44.7 Å². The SMILES string of the molecule is CCCCC(=O)N1CCC(C(=O)N2CCN(C(=O)N(C)c3cc(C(F)(F)F)cc(C(F)(F)F)c3)[C@H](Cc3ccc(Cl)c(Cl)c3)C2)CC1. The first kappa shape index (κ1) is 36.6. The molecule has 0 radical (unpaired) electrons. The number of amides is 4. The van der Waals surface area contributed by atoms with E-state index in [0.717, 1.165) is 24.8 Å². The number of rotatable bonds is 7. The number of hydrogen-bond acceptors (Lipinski definition) is 3. The second kappa shape index (κ2) is 14.9. The maximum atomic E-state index is 13.8. The van der Waals surface area contributed by atoms with Crippen molar-refractivity contribution >= 4 is 46.7 Å².